The highest BCUT2D eigenvalue weighted by Crippen LogP contribution is 2.24. The number of nitrogens with zero attached hydrogens (tertiary/aromatic N) is 1. The molecule has 0 saturated carbocycles. The van der Waals surface area contributed by atoms with E-state index in [9.17, 15) is 14.3 Å². The van der Waals surface area contributed by atoms with E-state index in [4.69, 9.17) is 4.74 Å². The van der Waals surface area contributed by atoms with Gasteiger partial charge >= 0.3 is 0 Å². The number of β-amino-alcohol motifs (C(OH)–C–C–N with tert-alkyl or cyclic N) is 1. The van der Waals surface area contributed by atoms with E-state index < -0.39 is 6.10 Å². The molecule has 3 unspecified atom stereocenters. The Labute approximate surface area is 134 Å². The molecule has 0 aliphatic carbocycles. The minimum Gasteiger partial charge on any atom is -0.392 e. The molecule has 0 spiro atoms. The molecule has 0 radical (unpaired) electrons. The van der Waals surface area contributed by atoms with E-state index in [0.717, 1.165) is 5.56 Å². The molecule has 2 saturated heterocycles. The van der Waals surface area contributed by atoms with Crippen molar-refractivity contribution < 1.29 is 19.0 Å². The Morgan fingerprint density at radius 3 is 2.95 bits per heavy atom. The molecule has 3 atom stereocenters. The molecule has 2 aliphatic heterocycles. The third-order valence-corrected chi connectivity index (χ3v) is 4.00. The number of halogens is 2. The number of hydrogen-bond acceptors (Lipinski definition) is 4. The predicted molar refractivity (Wildman–Crippen MR) is 81.3 cm³/mol. The standard InChI is InChI=1S/C15H19FN2O3.ClH/c16-11-3-1-2-10(6-11)14-9-18(4-5-21-14)15(20)13-7-12(19)8-17-13;/h1-3,6,12-14,17,19H,4-5,7-9H2;1H. The Balaban J connectivity index is 0.00000176. The minimum absolute atomic E-state index is 0. The molecule has 3 rings (SSSR count). The van der Waals surface area contributed by atoms with Gasteiger partial charge < -0.3 is 20.1 Å². The van der Waals surface area contributed by atoms with Crippen LogP contribution in [0.25, 0.3) is 0 Å². The van der Waals surface area contributed by atoms with Crippen LogP contribution >= 0.6 is 12.4 Å². The van der Waals surface area contributed by atoms with Crippen LogP contribution in [0.4, 0.5) is 4.39 Å². The third-order valence-electron chi connectivity index (χ3n) is 4.00. The minimum atomic E-state index is -0.459. The van der Waals surface area contributed by atoms with Gasteiger partial charge in [-0.05, 0) is 24.1 Å². The molecule has 122 valence electrons. The van der Waals surface area contributed by atoms with Gasteiger partial charge in [-0.25, -0.2) is 4.39 Å². The first-order valence-corrected chi connectivity index (χ1v) is 7.21. The molecule has 7 heteroatoms. The molecule has 2 fully saturated rings. The van der Waals surface area contributed by atoms with E-state index >= 15 is 0 Å². The van der Waals surface area contributed by atoms with Gasteiger partial charge in [-0.15, -0.1) is 12.4 Å². The van der Waals surface area contributed by atoms with Gasteiger partial charge in [0, 0.05) is 13.1 Å². The van der Waals surface area contributed by atoms with Gasteiger partial charge in [-0.3, -0.25) is 4.79 Å². The molecule has 2 aliphatic rings. The summed E-state index contributed by atoms with van der Waals surface area (Å²) in [6.07, 6.45) is -0.315. The third kappa shape index (κ3) is 3.76. The van der Waals surface area contributed by atoms with Crippen molar-refractivity contribution in [3.8, 4) is 0 Å². The lowest BCUT2D eigenvalue weighted by Crippen LogP contribution is -2.49. The van der Waals surface area contributed by atoms with Crippen molar-refractivity contribution in [3.63, 3.8) is 0 Å². The van der Waals surface area contributed by atoms with Crippen LogP contribution in [0, 0.1) is 5.82 Å². The van der Waals surface area contributed by atoms with Gasteiger partial charge in [-0.1, -0.05) is 12.1 Å². The van der Waals surface area contributed by atoms with Crippen molar-refractivity contribution in [2.24, 2.45) is 0 Å². The van der Waals surface area contributed by atoms with Crippen molar-refractivity contribution in [2.75, 3.05) is 26.2 Å². The first-order chi connectivity index (χ1) is 10.1. The lowest BCUT2D eigenvalue weighted by molar-refractivity contribution is -0.141. The number of carbonyl (C=O) groups is 1. The van der Waals surface area contributed by atoms with Crippen molar-refractivity contribution in [1.82, 2.24) is 10.2 Å². The lowest BCUT2D eigenvalue weighted by atomic mass is 10.1. The molecule has 0 aromatic heterocycles. The van der Waals surface area contributed by atoms with E-state index in [1.807, 2.05) is 0 Å². The maximum atomic E-state index is 13.3. The highest BCUT2D eigenvalue weighted by Gasteiger charge is 2.34. The van der Waals surface area contributed by atoms with Crippen LogP contribution in [0.3, 0.4) is 0 Å². The number of morpholine rings is 1. The molecule has 2 N–H and O–H groups in total. The van der Waals surface area contributed by atoms with Crippen LogP contribution in [-0.4, -0.2) is 54.3 Å². The SMILES string of the molecule is Cl.O=C(C1CC(O)CN1)N1CCOC(c2cccc(F)c2)C1. The van der Waals surface area contributed by atoms with Gasteiger partial charge in [0.1, 0.15) is 11.9 Å². The molecular weight excluding hydrogens is 311 g/mol. The Hall–Kier alpha value is -1.21. The number of benzene rings is 1. The van der Waals surface area contributed by atoms with E-state index in [-0.39, 0.29) is 36.3 Å². The Kier molecular flexibility index (Phi) is 5.74. The van der Waals surface area contributed by atoms with Crippen molar-refractivity contribution in [2.45, 2.75) is 24.7 Å². The van der Waals surface area contributed by atoms with Gasteiger partial charge in [0.05, 0.1) is 25.3 Å². The zero-order valence-corrected chi connectivity index (χ0v) is 12.9. The molecule has 1 amide bonds. The number of hydrogen-bond donors (Lipinski definition) is 2. The summed E-state index contributed by atoms with van der Waals surface area (Å²) in [4.78, 5) is 14.1. The second-order valence-electron chi connectivity index (χ2n) is 5.55. The highest BCUT2D eigenvalue weighted by atomic mass is 35.5. The molecule has 2 heterocycles. The van der Waals surface area contributed by atoms with Gasteiger partial charge in [-0.2, -0.15) is 0 Å². The first kappa shape index (κ1) is 17.1. The first-order valence-electron chi connectivity index (χ1n) is 7.21. The maximum Gasteiger partial charge on any atom is 0.239 e. The summed E-state index contributed by atoms with van der Waals surface area (Å²) in [5.41, 5.74) is 0.743. The zero-order valence-electron chi connectivity index (χ0n) is 12.1. The van der Waals surface area contributed by atoms with E-state index in [1.54, 1.807) is 17.0 Å². The number of ether oxygens (including phenoxy) is 1. The lowest BCUT2D eigenvalue weighted by Gasteiger charge is -2.34. The molecule has 22 heavy (non-hydrogen) atoms. The fourth-order valence-corrected chi connectivity index (χ4v) is 2.88. The van der Waals surface area contributed by atoms with Crippen molar-refractivity contribution in [3.05, 3.63) is 35.6 Å². The Morgan fingerprint density at radius 2 is 2.27 bits per heavy atom. The van der Waals surface area contributed by atoms with Gasteiger partial charge in [0.25, 0.3) is 0 Å². The Bertz CT molecular complexity index is 531. The molecule has 1 aromatic carbocycles. The van der Waals surface area contributed by atoms with Crippen LogP contribution in [-0.2, 0) is 9.53 Å². The van der Waals surface area contributed by atoms with E-state index in [2.05, 4.69) is 5.32 Å². The highest BCUT2D eigenvalue weighted by molar-refractivity contribution is 5.85. The van der Waals surface area contributed by atoms with Gasteiger partial charge in [0.2, 0.25) is 5.91 Å². The second-order valence-corrected chi connectivity index (χ2v) is 5.55. The summed E-state index contributed by atoms with van der Waals surface area (Å²) in [5.74, 6) is -0.323. The summed E-state index contributed by atoms with van der Waals surface area (Å²) in [7, 11) is 0. The number of carbonyl (C=O) groups excluding carboxylic acids is 1. The number of rotatable bonds is 2. The number of amides is 1. The topological polar surface area (TPSA) is 61.8 Å². The normalized spacial score (nSPS) is 28.3. The largest absolute Gasteiger partial charge is 0.392 e. The summed E-state index contributed by atoms with van der Waals surface area (Å²) in [6.45, 7) is 1.83. The number of aliphatic hydroxyl groups excluding tert-OH is 1. The second kappa shape index (κ2) is 7.37. The number of aliphatic hydroxyl groups is 1. The van der Waals surface area contributed by atoms with E-state index in [1.165, 1.54) is 12.1 Å². The van der Waals surface area contributed by atoms with Crippen LogP contribution in [0.1, 0.15) is 18.1 Å². The predicted octanol–water partition coefficient (Wildman–Crippen LogP) is 0.870. The average Bonchev–Trinajstić information content (AvgIpc) is 2.93. The fraction of sp³-hybridized carbons (Fsp3) is 0.533. The van der Waals surface area contributed by atoms with Gasteiger partial charge in [0.15, 0.2) is 0 Å². The average molecular weight is 331 g/mol. The molecular formula is C15H20ClFN2O3. The van der Waals surface area contributed by atoms with E-state index in [0.29, 0.717) is 32.7 Å². The zero-order chi connectivity index (χ0) is 14.8. The smallest absolute Gasteiger partial charge is 0.239 e. The van der Waals surface area contributed by atoms with Crippen LogP contribution in [0.15, 0.2) is 24.3 Å². The summed E-state index contributed by atoms with van der Waals surface area (Å²) in [5, 5.41) is 12.5. The maximum absolute atomic E-state index is 13.3. The summed E-state index contributed by atoms with van der Waals surface area (Å²) < 4.78 is 18.9. The van der Waals surface area contributed by atoms with Crippen LogP contribution < -0.4 is 5.32 Å². The van der Waals surface area contributed by atoms with Crippen molar-refractivity contribution >= 4 is 18.3 Å². The van der Waals surface area contributed by atoms with Crippen molar-refractivity contribution in [1.29, 1.82) is 0 Å². The summed E-state index contributed by atoms with van der Waals surface area (Å²) >= 11 is 0. The molecule has 0 bridgehead atoms. The van der Waals surface area contributed by atoms with Crippen LogP contribution in [0.5, 0.6) is 0 Å². The Morgan fingerprint density at radius 1 is 1.45 bits per heavy atom. The molecule has 5 nitrogen and oxygen atoms in total. The molecule has 1 aromatic rings. The monoisotopic (exact) mass is 330 g/mol. The number of nitrogens with one attached hydrogen (secondary N) is 1. The summed E-state index contributed by atoms with van der Waals surface area (Å²) in [6, 6.07) is 5.95. The van der Waals surface area contributed by atoms with Crippen LogP contribution in [0.2, 0.25) is 0 Å². The quantitative estimate of drug-likeness (QED) is 0.845. The fourth-order valence-electron chi connectivity index (χ4n) is 2.88.